The molecule has 0 fully saturated rings. The zero-order chi connectivity index (χ0) is 27.1. The van der Waals surface area contributed by atoms with Crippen LogP contribution in [0.3, 0.4) is 0 Å². The molecule has 2 aromatic heterocycles. The van der Waals surface area contributed by atoms with E-state index >= 15 is 0 Å². The van der Waals surface area contributed by atoms with Gasteiger partial charge in [-0.1, -0.05) is 52.2 Å². The standard InChI is InChI=1S/C27H19Cl3N2O5S/c1-13-22(26(34)36-3)24(17-11-14(28)7-9-19(17)35-2)32-25(33)21(38-27(32)31-13)12-15-8-10-20(37-15)16-5-4-6-18(29)23(16)30/h4-12,24H,1-3H3/b21-12-/t24-/m0/s1. The Morgan fingerprint density at radius 2 is 1.92 bits per heavy atom. The second kappa shape index (κ2) is 10.5. The Balaban J connectivity index is 1.69. The number of hydrogen-bond acceptors (Lipinski definition) is 7. The Morgan fingerprint density at radius 3 is 2.66 bits per heavy atom. The summed E-state index contributed by atoms with van der Waals surface area (Å²) in [4.78, 5) is 31.6. The summed E-state index contributed by atoms with van der Waals surface area (Å²) in [6, 6.07) is 12.9. The van der Waals surface area contributed by atoms with Crippen molar-refractivity contribution in [2.24, 2.45) is 4.99 Å². The van der Waals surface area contributed by atoms with Gasteiger partial charge in [-0.25, -0.2) is 9.79 Å². The van der Waals surface area contributed by atoms with E-state index in [0.717, 1.165) is 0 Å². The van der Waals surface area contributed by atoms with E-state index in [1.165, 1.54) is 30.1 Å². The van der Waals surface area contributed by atoms with Crippen LogP contribution >= 0.6 is 46.1 Å². The van der Waals surface area contributed by atoms with E-state index in [1.54, 1.807) is 61.5 Å². The van der Waals surface area contributed by atoms with Crippen molar-refractivity contribution in [2.75, 3.05) is 14.2 Å². The Kier molecular flexibility index (Phi) is 7.24. The highest BCUT2D eigenvalue weighted by Crippen LogP contribution is 2.37. The van der Waals surface area contributed by atoms with Gasteiger partial charge in [0, 0.05) is 22.2 Å². The van der Waals surface area contributed by atoms with Gasteiger partial charge in [-0.2, -0.15) is 0 Å². The number of aromatic nitrogens is 1. The summed E-state index contributed by atoms with van der Waals surface area (Å²) in [5, 5.41) is 1.20. The topological polar surface area (TPSA) is 83.0 Å². The summed E-state index contributed by atoms with van der Waals surface area (Å²) in [6.45, 7) is 1.70. The fraction of sp³-hybridized carbons (Fsp3) is 0.148. The molecule has 0 radical (unpaired) electrons. The molecule has 11 heteroatoms. The summed E-state index contributed by atoms with van der Waals surface area (Å²) < 4.78 is 18.4. The van der Waals surface area contributed by atoms with E-state index in [2.05, 4.69) is 4.99 Å². The summed E-state index contributed by atoms with van der Waals surface area (Å²) in [5.41, 5.74) is 1.42. The first-order valence-electron chi connectivity index (χ1n) is 11.2. The zero-order valence-corrected chi connectivity index (χ0v) is 23.3. The first kappa shape index (κ1) is 26.3. The van der Waals surface area contributed by atoms with Crippen LogP contribution < -0.4 is 19.6 Å². The number of methoxy groups -OCH3 is 2. The van der Waals surface area contributed by atoms with Gasteiger partial charge in [-0.15, -0.1) is 0 Å². The van der Waals surface area contributed by atoms with Crippen molar-refractivity contribution in [2.45, 2.75) is 13.0 Å². The van der Waals surface area contributed by atoms with Gasteiger partial charge in [-0.05, 0) is 49.4 Å². The lowest BCUT2D eigenvalue weighted by Gasteiger charge is -2.25. The first-order valence-corrected chi connectivity index (χ1v) is 13.2. The van der Waals surface area contributed by atoms with E-state index in [1.807, 2.05) is 0 Å². The third-order valence-electron chi connectivity index (χ3n) is 6.03. The lowest BCUT2D eigenvalue weighted by molar-refractivity contribution is -0.136. The highest BCUT2D eigenvalue weighted by atomic mass is 35.5. The number of esters is 1. The van der Waals surface area contributed by atoms with Crippen molar-refractivity contribution < 1.29 is 18.7 Å². The minimum Gasteiger partial charge on any atom is -0.496 e. The Hall–Kier alpha value is -3.30. The number of halogens is 3. The highest BCUT2D eigenvalue weighted by Gasteiger charge is 2.35. The van der Waals surface area contributed by atoms with Gasteiger partial charge >= 0.3 is 5.97 Å². The molecule has 4 aromatic rings. The smallest absolute Gasteiger partial charge is 0.338 e. The third-order valence-corrected chi connectivity index (χ3v) is 8.07. The molecule has 1 atom stereocenters. The van der Waals surface area contributed by atoms with Crippen LogP contribution in [0, 0.1) is 0 Å². The monoisotopic (exact) mass is 588 g/mol. The van der Waals surface area contributed by atoms with E-state index in [4.69, 9.17) is 48.7 Å². The van der Waals surface area contributed by atoms with E-state index in [-0.39, 0.29) is 11.1 Å². The van der Waals surface area contributed by atoms with Gasteiger partial charge in [-0.3, -0.25) is 9.36 Å². The van der Waals surface area contributed by atoms with Crippen molar-refractivity contribution in [3.05, 3.63) is 106 Å². The second-order valence-electron chi connectivity index (χ2n) is 8.26. The van der Waals surface area contributed by atoms with Crippen molar-refractivity contribution in [1.29, 1.82) is 0 Å². The lowest BCUT2D eigenvalue weighted by Crippen LogP contribution is -2.40. The average Bonchev–Trinajstić information content (AvgIpc) is 3.48. The number of thiazole rings is 1. The molecule has 0 unspecified atom stereocenters. The number of furan rings is 1. The molecular formula is C27H19Cl3N2O5S. The fourth-order valence-corrected chi connectivity index (χ4v) is 5.91. The molecule has 3 heterocycles. The summed E-state index contributed by atoms with van der Waals surface area (Å²) in [6.07, 6.45) is 1.62. The van der Waals surface area contributed by atoms with Crippen LogP contribution in [0.15, 0.2) is 74.0 Å². The molecule has 5 rings (SSSR count). The van der Waals surface area contributed by atoms with Crippen molar-refractivity contribution in [3.8, 4) is 17.1 Å². The minimum atomic E-state index is -0.869. The summed E-state index contributed by atoms with van der Waals surface area (Å²) >= 11 is 20.0. The van der Waals surface area contributed by atoms with Crippen LogP contribution in [-0.2, 0) is 9.53 Å². The molecule has 38 heavy (non-hydrogen) atoms. The van der Waals surface area contributed by atoms with Crippen LogP contribution in [0.5, 0.6) is 5.75 Å². The average molecular weight is 590 g/mol. The number of nitrogens with zero attached hydrogens (tertiary/aromatic N) is 2. The normalized spacial score (nSPS) is 15.3. The number of ether oxygens (including phenoxy) is 2. The molecule has 0 saturated carbocycles. The first-order chi connectivity index (χ1) is 18.2. The predicted octanol–water partition coefficient (Wildman–Crippen LogP) is 5.64. The Labute approximate surface area is 235 Å². The van der Waals surface area contributed by atoms with Crippen LogP contribution in [0.1, 0.15) is 24.3 Å². The molecule has 0 N–H and O–H groups in total. The molecule has 0 amide bonds. The van der Waals surface area contributed by atoms with Gasteiger partial charge in [0.15, 0.2) is 4.80 Å². The molecular weight excluding hydrogens is 571 g/mol. The fourth-order valence-electron chi connectivity index (χ4n) is 4.30. The molecule has 2 aromatic carbocycles. The van der Waals surface area contributed by atoms with Gasteiger partial charge in [0.25, 0.3) is 5.56 Å². The van der Waals surface area contributed by atoms with E-state index in [9.17, 15) is 9.59 Å². The highest BCUT2D eigenvalue weighted by molar-refractivity contribution is 7.07. The number of fused-ring (bicyclic) bond motifs is 1. The second-order valence-corrected chi connectivity index (χ2v) is 10.5. The van der Waals surface area contributed by atoms with Crippen LogP contribution in [0.25, 0.3) is 17.4 Å². The summed E-state index contributed by atoms with van der Waals surface area (Å²) in [7, 11) is 2.78. The molecule has 1 aliphatic rings. The lowest BCUT2D eigenvalue weighted by atomic mass is 9.95. The van der Waals surface area contributed by atoms with Crippen molar-refractivity contribution in [1.82, 2.24) is 4.57 Å². The zero-order valence-electron chi connectivity index (χ0n) is 20.3. The summed E-state index contributed by atoms with van der Waals surface area (Å²) in [5.74, 6) is 0.782. The van der Waals surface area contributed by atoms with E-state index < -0.39 is 12.0 Å². The van der Waals surface area contributed by atoms with Crippen molar-refractivity contribution >= 4 is 58.2 Å². The van der Waals surface area contributed by atoms with Gasteiger partial charge < -0.3 is 13.9 Å². The maximum atomic E-state index is 13.8. The number of carbonyl (C=O) groups excluding carboxylic acids is 1. The number of carbonyl (C=O) groups is 1. The molecule has 0 spiro atoms. The van der Waals surface area contributed by atoms with Crippen LogP contribution in [0.2, 0.25) is 15.1 Å². The number of hydrogen-bond donors (Lipinski definition) is 0. The van der Waals surface area contributed by atoms with E-state index in [0.29, 0.717) is 58.5 Å². The molecule has 1 aliphatic heterocycles. The SMILES string of the molecule is COC(=O)C1=C(C)N=c2s/c(=C\c3ccc(-c4cccc(Cl)c4Cl)o3)c(=O)n2[C@H]1c1cc(Cl)ccc1OC. The third kappa shape index (κ3) is 4.58. The van der Waals surface area contributed by atoms with Crippen LogP contribution in [-0.4, -0.2) is 24.8 Å². The molecule has 0 aliphatic carbocycles. The largest absolute Gasteiger partial charge is 0.496 e. The minimum absolute atomic E-state index is 0.211. The molecule has 0 bridgehead atoms. The molecule has 0 saturated heterocycles. The van der Waals surface area contributed by atoms with Gasteiger partial charge in [0.1, 0.15) is 23.3 Å². The maximum absolute atomic E-state index is 13.8. The van der Waals surface area contributed by atoms with Gasteiger partial charge in [0.2, 0.25) is 0 Å². The number of benzene rings is 2. The van der Waals surface area contributed by atoms with Gasteiger partial charge in [0.05, 0.1) is 40.1 Å². The number of rotatable bonds is 5. The van der Waals surface area contributed by atoms with Crippen LogP contribution in [0.4, 0.5) is 0 Å². The quantitative estimate of drug-likeness (QED) is 0.282. The Morgan fingerprint density at radius 1 is 1.13 bits per heavy atom. The predicted molar refractivity (Wildman–Crippen MR) is 148 cm³/mol. The Bertz CT molecular complexity index is 1800. The molecule has 194 valence electrons. The molecule has 7 nitrogen and oxygen atoms in total. The van der Waals surface area contributed by atoms with Crippen molar-refractivity contribution in [3.63, 3.8) is 0 Å². The maximum Gasteiger partial charge on any atom is 0.338 e. The number of allylic oxidation sites excluding steroid dienone is 1.